The van der Waals surface area contributed by atoms with E-state index < -0.39 is 0 Å². The Balaban J connectivity index is 2.92. The number of hydrogen-bond acceptors (Lipinski definition) is 1. The first-order valence-electron chi connectivity index (χ1n) is 4.84. The van der Waals surface area contributed by atoms with E-state index in [-0.39, 0.29) is 0 Å². The quantitative estimate of drug-likeness (QED) is 0.577. The van der Waals surface area contributed by atoms with E-state index in [4.69, 9.17) is 0 Å². The summed E-state index contributed by atoms with van der Waals surface area (Å²) in [5, 5.41) is 2.54. The molecule has 1 nitrogen and oxygen atoms in total. The van der Waals surface area contributed by atoms with Crippen LogP contribution in [0.4, 0.5) is 0 Å². The molecule has 0 aliphatic heterocycles. The lowest BCUT2D eigenvalue weighted by Crippen LogP contribution is -2.34. The predicted octanol–water partition coefficient (Wildman–Crippen LogP) is 1.36. The molecule has 1 aliphatic rings. The van der Waals surface area contributed by atoms with Crippen molar-refractivity contribution in [3.8, 4) is 0 Å². The molecule has 1 aromatic rings. The van der Waals surface area contributed by atoms with Gasteiger partial charge in [0.1, 0.15) is 0 Å². The van der Waals surface area contributed by atoms with Gasteiger partial charge in [0.15, 0.2) is 0 Å². The van der Waals surface area contributed by atoms with Crippen molar-refractivity contribution in [2.45, 2.75) is 33.6 Å². The van der Waals surface area contributed by atoms with Gasteiger partial charge in [-0.3, -0.25) is 4.98 Å². The maximum absolute atomic E-state index is 4.59. The number of pyridine rings is 1. The van der Waals surface area contributed by atoms with Crippen molar-refractivity contribution >= 4 is 12.2 Å². The zero-order valence-corrected chi connectivity index (χ0v) is 8.52. The second-order valence-corrected chi connectivity index (χ2v) is 3.73. The zero-order chi connectivity index (χ0) is 9.42. The molecule has 1 heterocycles. The molecule has 1 aromatic heterocycles. The second kappa shape index (κ2) is 2.99. The summed E-state index contributed by atoms with van der Waals surface area (Å²) in [6.45, 7) is 6.43. The Kier molecular flexibility index (Phi) is 1.95. The molecule has 2 rings (SSSR count). The Morgan fingerprint density at radius 1 is 1.00 bits per heavy atom. The largest absolute Gasteiger partial charge is 0.253 e. The van der Waals surface area contributed by atoms with E-state index in [1.165, 1.54) is 27.4 Å². The highest BCUT2D eigenvalue weighted by Crippen LogP contribution is 2.04. The number of aryl methyl sites for hydroxylation is 1. The van der Waals surface area contributed by atoms with E-state index in [9.17, 15) is 0 Å². The van der Waals surface area contributed by atoms with Gasteiger partial charge in [0.05, 0.1) is 5.35 Å². The van der Waals surface area contributed by atoms with Crippen molar-refractivity contribution in [1.29, 1.82) is 0 Å². The van der Waals surface area contributed by atoms with Crippen molar-refractivity contribution in [2.75, 3.05) is 0 Å². The van der Waals surface area contributed by atoms with Crippen molar-refractivity contribution in [2.24, 2.45) is 0 Å². The number of hydrogen-bond donors (Lipinski definition) is 0. The van der Waals surface area contributed by atoms with Gasteiger partial charge in [0.2, 0.25) is 0 Å². The van der Waals surface area contributed by atoms with E-state index in [0.717, 1.165) is 12.8 Å². The summed E-state index contributed by atoms with van der Waals surface area (Å²) in [6.07, 6.45) is 6.86. The molecule has 0 unspecified atom stereocenters. The van der Waals surface area contributed by atoms with E-state index >= 15 is 0 Å². The van der Waals surface area contributed by atoms with Gasteiger partial charge in [0, 0.05) is 5.69 Å². The average Bonchev–Trinajstić information content (AvgIpc) is 2.15. The highest BCUT2D eigenvalue weighted by molar-refractivity contribution is 5.42. The van der Waals surface area contributed by atoms with Crippen LogP contribution in [0, 0.1) is 20.8 Å². The summed E-state index contributed by atoms with van der Waals surface area (Å²) in [6, 6.07) is 0. The molecule has 68 valence electrons. The first kappa shape index (κ1) is 8.49. The van der Waals surface area contributed by atoms with Gasteiger partial charge < -0.3 is 0 Å². The standard InChI is InChI=1S/C12H15N/c1-8-9(2)11-6-4-5-7-12(11)13-10(8)3/h6-7H,4-5H2,1-3H3. The lowest BCUT2D eigenvalue weighted by Gasteiger charge is -2.08. The third kappa shape index (κ3) is 1.28. The molecule has 0 radical (unpaired) electrons. The molecule has 13 heavy (non-hydrogen) atoms. The number of fused-ring (bicyclic) bond motifs is 1. The molecule has 0 saturated heterocycles. The third-order valence-corrected chi connectivity index (χ3v) is 2.93. The van der Waals surface area contributed by atoms with Crippen molar-refractivity contribution < 1.29 is 0 Å². The maximum Gasteiger partial charge on any atom is 0.0665 e. The Labute approximate surface area is 78.8 Å². The second-order valence-electron chi connectivity index (χ2n) is 3.73. The minimum Gasteiger partial charge on any atom is -0.253 e. The number of aromatic nitrogens is 1. The molecule has 0 aromatic carbocycles. The van der Waals surface area contributed by atoms with Crippen LogP contribution in [0.3, 0.4) is 0 Å². The van der Waals surface area contributed by atoms with E-state index in [1.54, 1.807) is 0 Å². The Morgan fingerprint density at radius 3 is 2.46 bits per heavy atom. The van der Waals surface area contributed by atoms with Crippen molar-refractivity contribution in [3.05, 3.63) is 27.4 Å². The van der Waals surface area contributed by atoms with Gasteiger partial charge in [0.25, 0.3) is 0 Å². The fraction of sp³-hybridized carbons (Fsp3) is 0.417. The van der Waals surface area contributed by atoms with E-state index in [1.807, 2.05) is 0 Å². The predicted molar refractivity (Wildman–Crippen MR) is 55.9 cm³/mol. The normalized spacial score (nSPS) is 14.4. The zero-order valence-electron chi connectivity index (χ0n) is 8.52. The molecule has 0 saturated carbocycles. The van der Waals surface area contributed by atoms with Crippen LogP contribution in [0.2, 0.25) is 0 Å². The van der Waals surface area contributed by atoms with Gasteiger partial charge in [-0.25, -0.2) is 0 Å². The minimum atomic E-state index is 1.14. The topological polar surface area (TPSA) is 12.9 Å². The summed E-state index contributed by atoms with van der Waals surface area (Å²) in [4.78, 5) is 4.59. The molecular weight excluding hydrogens is 158 g/mol. The van der Waals surface area contributed by atoms with Crippen LogP contribution in [-0.2, 0) is 0 Å². The SMILES string of the molecule is Cc1nc2c(c(C)c1C)=CCCC=2. The molecular formula is C12H15N. The van der Waals surface area contributed by atoms with Gasteiger partial charge in [-0.05, 0) is 50.0 Å². The smallest absolute Gasteiger partial charge is 0.0665 e. The Bertz CT molecular complexity index is 455. The van der Waals surface area contributed by atoms with Crippen LogP contribution in [0.5, 0.6) is 0 Å². The summed E-state index contributed by atoms with van der Waals surface area (Å²) < 4.78 is 0. The Morgan fingerprint density at radius 2 is 1.69 bits per heavy atom. The van der Waals surface area contributed by atoms with Crippen molar-refractivity contribution in [3.63, 3.8) is 0 Å². The first-order valence-corrected chi connectivity index (χ1v) is 4.84. The number of rotatable bonds is 0. The monoisotopic (exact) mass is 173 g/mol. The molecule has 1 heteroatoms. The van der Waals surface area contributed by atoms with Gasteiger partial charge >= 0.3 is 0 Å². The van der Waals surface area contributed by atoms with Gasteiger partial charge in [-0.15, -0.1) is 0 Å². The highest BCUT2D eigenvalue weighted by Gasteiger charge is 2.03. The van der Waals surface area contributed by atoms with Crippen molar-refractivity contribution in [1.82, 2.24) is 4.98 Å². The van der Waals surface area contributed by atoms with Crippen LogP contribution in [0.1, 0.15) is 29.7 Å². The average molecular weight is 173 g/mol. The lowest BCUT2D eigenvalue weighted by atomic mass is 10.0. The number of nitrogens with zero attached hydrogens (tertiary/aromatic N) is 1. The van der Waals surface area contributed by atoms with Crippen LogP contribution < -0.4 is 10.6 Å². The molecule has 0 bridgehead atoms. The summed E-state index contributed by atoms with van der Waals surface area (Å²) >= 11 is 0. The van der Waals surface area contributed by atoms with Crippen LogP contribution in [0.15, 0.2) is 0 Å². The molecule has 1 aliphatic carbocycles. The fourth-order valence-electron chi connectivity index (χ4n) is 1.85. The third-order valence-electron chi connectivity index (χ3n) is 2.93. The first-order chi connectivity index (χ1) is 6.20. The molecule has 0 fully saturated rings. The van der Waals surface area contributed by atoms with Crippen LogP contribution in [-0.4, -0.2) is 4.98 Å². The van der Waals surface area contributed by atoms with E-state index in [2.05, 4.69) is 37.9 Å². The van der Waals surface area contributed by atoms with Gasteiger partial charge in [-0.1, -0.05) is 12.2 Å². The van der Waals surface area contributed by atoms with Gasteiger partial charge in [-0.2, -0.15) is 0 Å². The van der Waals surface area contributed by atoms with Crippen LogP contribution >= 0.6 is 0 Å². The Hall–Kier alpha value is -1.11. The molecule has 0 N–H and O–H groups in total. The molecule has 0 spiro atoms. The maximum atomic E-state index is 4.59. The van der Waals surface area contributed by atoms with Crippen LogP contribution in [0.25, 0.3) is 12.2 Å². The highest BCUT2D eigenvalue weighted by atomic mass is 14.7. The van der Waals surface area contributed by atoms with E-state index in [0.29, 0.717) is 0 Å². The fourth-order valence-corrected chi connectivity index (χ4v) is 1.85. The molecule has 0 amide bonds. The molecule has 0 atom stereocenters. The lowest BCUT2D eigenvalue weighted by molar-refractivity contribution is 1.01. The summed E-state index contributed by atoms with van der Waals surface area (Å²) in [5.41, 5.74) is 3.91. The summed E-state index contributed by atoms with van der Waals surface area (Å²) in [5.74, 6) is 0. The minimum absolute atomic E-state index is 1.14. The summed E-state index contributed by atoms with van der Waals surface area (Å²) in [7, 11) is 0.